The number of hydrogen-bond donors (Lipinski definition) is 2. The van der Waals surface area contributed by atoms with E-state index in [9.17, 15) is 14.0 Å². The van der Waals surface area contributed by atoms with Gasteiger partial charge < -0.3 is 10.4 Å². The number of nitrogens with one attached hydrogen (secondary N) is 1. The van der Waals surface area contributed by atoms with Crippen molar-refractivity contribution >= 4 is 33.5 Å². The molecule has 1 aromatic heterocycles. The van der Waals surface area contributed by atoms with Gasteiger partial charge in [-0.3, -0.25) is 4.79 Å². The van der Waals surface area contributed by atoms with Gasteiger partial charge in [-0.15, -0.1) is 0 Å². The van der Waals surface area contributed by atoms with Crippen molar-refractivity contribution in [3.05, 3.63) is 58.1 Å². The number of carboxylic acids is 1. The fourth-order valence-corrected chi connectivity index (χ4v) is 1.92. The number of amides is 1. The highest BCUT2D eigenvalue weighted by atomic mass is 79.9. The monoisotopic (exact) mass is 338 g/mol. The molecule has 0 aliphatic rings. The summed E-state index contributed by atoms with van der Waals surface area (Å²) in [6.07, 6.45) is 1.40. The third kappa shape index (κ3) is 3.00. The maximum absolute atomic E-state index is 13.7. The Morgan fingerprint density at radius 1 is 1.30 bits per heavy atom. The van der Waals surface area contributed by atoms with Crippen molar-refractivity contribution in [2.24, 2.45) is 0 Å². The molecule has 1 heterocycles. The maximum atomic E-state index is 13.7. The summed E-state index contributed by atoms with van der Waals surface area (Å²) in [5.41, 5.74) is -0.448. The highest BCUT2D eigenvalue weighted by Crippen LogP contribution is 2.21. The van der Waals surface area contributed by atoms with Crippen molar-refractivity contribution in [3.8, 4) is 0 Å². The van der Waals surface area contributed by atoms with E-state index >= 15 is 0 Å². The number of carbonyl (C=O) groups is 2. The fourth-order valence-electron chi connectivity index (χ4n) is 1.56. The molecule has 0 aliphatic carbocycles. The fraction of sp³-hybridized carbons (Fsp3) is 0. The molecule has 2 aromatic rings. The molecule has 0 saturated carbocycles. The van der Waals surface area contributed by atoms with Crippen LogP contribution >= 0.6 is 15.9 Å². The van der Waals surface area contributed by atoms with E-state index in [-0.39, 0.29) is 16.8 Å². The number of aromatic carboxylic acids is 1. The lowest BCUT2D eigenvalue weighted by Crippen LogP contribution is -2.16. The van der Waals surface area contributed by atoms with Gasteiger partial charge in [0.05, 0.1) is 11.3 Å². The van der Waals surface area contributed by atoms with Crippen LogP contribution in [-0.2, 0) is 0 Å². The van der Waals surface area contributed by atoms with Crippen LogP contribution in [0.25, 0.3) is 0 Å². The van der Waals surface area contributed by atoms with Gasteiger partial charge in [0.2, 0.25) is 0 Å². The van der Waals surface area contributed by atoms with Crippen LogP contribution in [0.15, 0.2) is 41.1 Å². The first-order valence-electron chi connectivity index (χ1n) is 5.44. The Hall–Kier alpha value is -2.28. The number of carbonyl (C=O) groups excluding carboxylic acids is 1. The molecular formula is C13H8BrFN2O3. The predicted octanol–water partition coefficient (Wildman–Crippen LogP) is 2.93. The van der Waals surface area contributed by atoms with Crippen molar-refractivity contribution in [2.45, 2.75) is 0 Å². The van der Waals surface area contributed by atoms with Gasteiger partial charge in [-0.05, 0) is 40.2 Å². The van der Waals surface area contributed by atoms with Gasteiger partial charge in [-0.25, -0.2) is 14.2 Å². The van der Waals surface area contributed by atoms with Crippen LogP contribution < -0.4 is 5.32 Å². The molecule has 2 N–H and O–H groups in total. The van der Waals surface area contributed by atoms with Gasteiger partial charge in [0, 0.05) is 11.8 Å². The van der Waals surface area contributed by atoms with E-state index in [2.05, 4.69) is 26.2 Å². The van der Waals surface area contributed by atoms with Crippen LogP contribution in [0.1, 0.15) is 20.7 Å². The minimum atomic E-state index is -1.32. The number of benzene rings is 1. The summed E-state index contributed by atoms with van der Waals surface area (Å²) in [6.45, 7) is 0. The smallest absolute Gasteiger partial charge is 0.337 e. The molecule has 0 radical (unpaired) electrons. The van der Waals surface area contributed by atoms with E-state index in [1.807, 2.05) is 0 Å². The number of carboxylic acid groups (broad SMARTS) is 1. The normalized spacial score (nSPS) is 10.1. The van der Waals surface area contributed by atoms with Gasteiger partial charge in [0.25, 0.3) is 5.91 Å². The second-order valence-corrected chi connectivity index (χ2v) is 4.60. The molecule has 102 valence electrons. The first-order valence-corrected chi connectivity index (χ1v) is 6.23. The minimum absolute atomic E-state index is 0.228. The molecule has 7 heteroatoms. The first kappa shape index (κ1) is 14.1. The van der Waals surface area contributed by atoms with Crippen LogP contribution in [0.2, 0.25) is 0 Å². The quantitative estimate of drug-likeness (QED) is 0.843. The van der Waals surface area contributed by atoms with Crippen LogP contribution in [0.5, 0.6) is 0 Å². The van der Waals surface area contributed by atoms with Gasteiger partial charge in [-0.2, -0.15) is 0 Å². The van der Waals surface area contributed by atoms with E-state index in [1.54, 1.807) is 0 Å². The summed E-state index contributed by atoms with van der Waals surface area (Å²) >= 11 is 3.11. The molecule has 0 spiro atoms. The molecule has 2 rings (SSSR count). The third-order valence-corrected chi connectivity index (χ3v) is 2.90. The molecule has 1 aromatic carbocycles. The topological polar surface area (TPSA) is 79.3 Å². The second-order valence-electron chi connectivity index (χ2n) is 3.79. The Morgan fingerprint density at radius 3 is 2.70 bits per heavy atom. The van der Waals surface area contributed by atoms with E-state index in [0.717, 1.165) is 6.07 Å². The molecule has 1 amide bonds. The Labute approximate surface area is 121 Å². The largest absolute Gasteiger partial charge is 0.478 e. The molecule has 0 bridgehead atoms. The number of anilines is 1. The molecule has 5 nitrogen and oxygen atoms in total. The molecular weight excluding hydrogens is 331 g/mol. The van der Waals surface area contributed by atoms with Crippen LogP contribution in [0.4, 0.5) is 10.1 Å². The van der Waals surface area contributed by atoms with Gasteiger partial charge in [0.1, 0.15) is 10.4 Å². The zero-order chi connectivity index (χ0) is 14.7. The van der Waals surface area contributed by atoms with Crippen molar-refractivity contribution in [2.75, 3.05) is 5.32 Å². The molecule has 0 atom stereocenters. The molecule has 0 aliphatic heterocycles. The van der Waals surface area contributed by atoms with Crippen molar-refractivity contribution in [1.82, 2.24) is 4.98 Å². The summed E-state index contributed by atoms with van der Waals surface area (Å²) in [4.78, 5) is 26.8. The summed E-state index contributed by atoms with van der Waals surface area (Å²) in [6, 6.07) is 6.42. The van der Waals surface area contributed by atoms with Crippen molar-refractivity contribution in [3.63, 3.8) is 0 Å². The highest BCUT2D eigenvalue weighted by Gasteiger charge is 2.17. The van der Waals surface area contributed by atoms with Gasteiger partial charge in [0.15, 0.2) is 0 Å². The van der Waals surface area contributed by atoms with Crippen LogP contribution in [-0.4, -0.2) is 22.0 Å². The van der Waals surface area contributed by atoms with Crippen LogP contribution in [0.3, 0.4) is 0 Å². The summed E-state index contributed by atoms with van der Waals surface area (Å²) in [7, 11) is 0. The predicted molar refractivity (Wildman–Crippen MR) is 73.2 cm³/mol. The first-order chi connectivity index (χ1) is 9.49. The van der Waals surface area contributed by atoms with E-state index < -0.39 is 17.7 Å². The van der Waals surface area contributed by atoms with Crippen molar-refractivity contribution in [1.29, 1.82) is 0 Å². The number of halogens is 2. The number of hydrogen-bond acceptors (Lipinski definition) is 3. The number of nitrogens with zero attached hydrogens (tertiary/aromatic N) is 1. The lowest BCUT2D eigenvalue weighted by molar-refractivity contribution is 0.0697. The summed E-state index contributed by atoms with van der Waals surface area (Å²) in [5.74, 6) is -2.76. The number of aromatic nitrogens is 1. The highest BCUT2D eigenvalue weighted by molar-refractivity contribution is 9.10. The zero-order valence-corrected chi connectivity index (χ0v) is 11.5. The van der Waals surface area contributed by atoms with Gasteiger partial charge >= 0.3 is 5.97 Å². The Balaban J connectivity index is 2.35. The number of rotatable bonds is 3. The van der Waals surface area contributed by atoms with E-state index in [0.29, 0.717) is 4.60 Å². The van der Waals surface area contributed by atoms with Crippen LogP contribution in [0, 0.1) is 5.82 Å². The molecule has 0 saturated heterocycles. The molecule has 0 fully saturated rings. The second kappa shape index (κ2) is 5.79. The minimum Gasteiger partial charge on any atom is -0.478 e. The Kier molecular flexibility index (Phi) is 4.09. The Morgan fingerprint density at radius 2 is 2.05 bits per heavy atom. The SMILES string of the molecule is O=C(Nc1c(F)cccc1C(=O)O)c1ccnc(Br)c1. The average molecular weight is 339 g/mol. The molecule has 20 heavy (non-hydrogen) atoms. The van der Waals surface area contributed by atoms with Gasteiger partial charge in [-0.1, -0.05) is 6.07 Å². The average Bonchev–Trinajstić information content (AvgIpc) is 2.40. The van der Waals surface area contributed by atoms with E-state index in [1.165, 1.54) is 30.5 Å². The van der Waals surface area contributed by atoms with E-state index in [4.69, 9.17) is 5.11 Å². The Bertz CT molecular complexity index is 691. The maximum Gasteiger partial charge on any atom is 0.337 e. The third-order valence-electron chi connectivity index (χ3n) is 2.47. The lowest BCUT2D eigenvalue weighted by atomic mass is 10.1. The zero-order valence-electron chi connectivity index (χ0n) is 9.93. The standard InChI is InChI=1S/C13H8BrFN2O3/c14-10-6-7(4-5-16-10)12(18)17-11-8(13(19)20)2-1-3-9(11)15/h1-6H,(H,17,18)(H,19,20). The lowest BCUT2D eigenvalue weighted by Gasteiger charge is -2.09. The number of pyridine rings is 1. The molecule has 0 unspecified atom stereocenters. The summed E-state index contributed by atoms with van der Waals surface area (Å²) < 4.78 is 14.1. The number of para-hydroxylation sites is 1. The van der Waals surface area contributed by atoms with Crippen molar-refractivity contribution < 1.29 is 19.1 Å². The summed E-state index contributed by atoms with van der Waals surface area (Å²) in [5, 5.41) is 11.2.